The van der Waals surface area contributed by atoms with Gasteiger partial charge >= 0.3 is 0 Å². The highest BCUT2D eigenvalue weighted by Gasteiger charge is 2.23. The molecule has 6 nitrogen and oxygen atoms in total. The summed E-state index contributed by atoms with van der Waals surface area (Å²) in [4.78, 5) is 24.1. The molecule has 27 heavy (non-hydrogen) atoms. The van der Waals surface area contributed by atoms with Crippen molar-refractivity contribution in [1.29, 1.82) is 0 Å². The van der Waals surface area contributed by atoms with E-state index in [1.165, 1.54) is 21.5 Å². The van der Waals surface area contributed by atoms with E-state index in [2.05, 4.69) is 9.88 Å². The van der Waals surface area contributed by atoms with Gasteiger partial charge in [-0.1, -0.05) is 0 Å². The standard InChI is InChI=1S/C18H22F2N4O2S/c19-18(20)14-7-17(25)24(11-21-14)8-12-1-4-23(5-2-12)9-16-22-13-3-6-26-10-15(13)27-16/h7,11-12,18H,1-6,8-10H2. The van der Waals surface area contributed by atoms with E-state index < -0.39 is 17.7 Å². The monoisotopic (exact) mass is 396 g/mol. The van der Waals surface area contributed by atoms with Crippen LogP contribution >= 0.6 is 11.3 Å². The van der Waals surface area contributed by atoms with Gasteiger partial charge in [-0.05, 0) is 31.8 Å². The van der Waals surface area contributed by atoms with Crippen LogP contribution in [0.2, 0.25) is 0 Å². The number of ether oxygens (including phenoxy) is 1. The zero-order valence-electron chi connectivity index (χ0n) is 14.9. The summed E-state index contributed by atoms with van der Waals surface area (Å²) < 4.78 is 32.1. The average molecular weight is 396 g/mol. The molecule has 0 saturated carbocycles. The van der Waals surface area contributed by atoms with Gasteiger partial charge in [0.25, 0.3) is 12.0 Å². The summed E-state index contributed by atoms with van der Waals surface area (Å²) in [7, 11) is 0. The number of halogens is 2. The number of alkyl halides is 2. The van der Waals surface area contributed by atoms with Crippen LogP contribution in [0, 0.1) is 5.92 Å². The summed E-state index contributed by atoms with van der Waals surface area (Å²) >= 11 is 1.75. The maximum atomic E-state index is 12.6. The van der Waals surface area contributed by atoms with Crippen LogP contribution in [0.3, 0.4) is 0 Å². The molecule has 2 aromatic rings. The SMILES string of the molecule is O=c1cc(C(F)F)ncn1CC1CCN(Cc2nc3c(s2)COCC3)CC1. The molecule has 146 valence electrons. The number of nitrogens with zero attached hydrogens (tertiary/aromatic N) is 4. The van der Waals surface area contributed by atoms with Gasteiger partial charge in [-0.25, -0.2) is 18.7 Å². The number of hydrogen-bond donors (Lipinski definition) is 0. The van der Waals surface area contributed by atoms with Crippen molar-refractivity contribution >= 4 is 11.3 Å². The van der Waals surface area contributed by atoms with Gasteiger partial charge in [0.2, 0.25) is 0 Å². The Balaban J connectivity index is 1.30. The summed E-state index contributed by atoms with van der Waals surface area (Å²) in [5, 5.41) is 1.15. The third-order valence-electron chi connectivity index (χ3n) is 5.18. The van der Waals surface area contributed by atoms with E-state index in [1.807, 2.05) is 0 Å². The van der Waals surface area contributed by atoms with Crippen molar-refractivity contribution in [1.82, 2.24) is 19.4 Å². The van der Waals surface area contributed by atoms with Crippen LogP contribution in [0.5, 0.6) is 0 Å². The summed E-state index contributed by atoms with van der Waals surface area (Å²) in [6.45, 7) is 4.72. The normalized spacial score (nSPS) is 18.8. The number of likely N-dealkylation sites (tertiary alicyclic amines) is 1. The topological polar surface area (TPSA) is 60.2 Å². The molecule has 0 aromatic carbocycles. The fourth-order valence-electron chi connectivity index (χ4n) is 3.64. The minimum atomic E-state index is -2.71. The predicted octanol–water partition coefficient (Wildman–Crippen LogP) is 2.62. The van der Waals surface area contributed by atoms with Gasteiger partial charge in [0.15, 0.2) is 0 Å². The van der Waals surface area contributed by atoms with Crippen molar-refractivity contribution in [2.24, 2.45) is 5.92 Å². The van der Waals surface area contributed by atoms with Crippen LogP contribution in [0.25, 0.3) is 0 Å². The third kappa shape index (κ3) is 4.41. The molecule has 2 aliphatic heterocycles. The quantitative estimate of drug-likeness (QED) is 0.778. The Labute approximate surface area is 159 Å². The zero-order valence-corrected chi connectivity index (χ0v) is 15.8. The molecule has 4 heterocycles. The molecule has 1 fully saturated rings. The first kappa shape index (κ1) is 18.6. The number of hydrogen-bond acceptors (Lipinski definition) is 6. The van der Waals surface area contributed by atoms with Crippen LogP contribution in [0.1, 0.15) is 40.5 Å². The predicted molar refractivity (Wildman–Crippen MR) is 96.9 cm³/mol. The van der Waals surface area contributed by atoms with Gasteiger partial charge in [0.05, 0.1) is 36.7 Å². The third-order valence-corrected chi connectivity index (χ3v) is 6.24. The molecule has 0 bridgehead atoms. The van der Waals surface area contributed by atoms with Gasteiger partial charge in [-0.2, -0.15) is 0 Å². The lowest BCUT2D eigenvalue weighted by Crippen LogP contribution is -2.36. The first-order chi connectivity index (χ1) is 13.1. The van der Waals surface area contributed by atoms with Crippen LogP contribution in [0.15, 0.2) is 17.2 Å². The van der Waals surface area contributed by atoms with Gasteiger partial charge in [-0.3, -0.25) is 14.3 Å². The smallest absolute Gasteiger partial charge is 0.280 e. The molecule has 2 aliphatic rings. The van der Waals surface area contributed by atoms with Crippen LogP contribution in [0.4, 0.5) is 8.78 Å². The Hall–Kier alpha value is -1.71. The number of piperidine rings is 1. The first-order valence-corrected chi connectivity index (χ1v) is 10.0. The molecular formula is C18H22F2N4O2S. The summed E-state index contributed by atoms with van der Waals surface area (Å²) in [6.07, 6.45) is 1.38. The molecule has 0 radical (unpaired) electrons. The van der Waals surface area contributed by atoms with E-state index in [0.717, 1.165) is 56.6 Å². The fraction of sp³-hybridized carbons (Fsp3) is 0.611. The van der Waals surface area contributed by atoms with Crippen molar-refractivity contribution in [2.75, 3.05) is 19.7 Å². The van der Waals surface area contributed by atoms with Crippen molar-refractivity contribution < 1.29 is 13.5 Å². The highest BCUT2D eigenvalue weighted by Crippen LogP contribution is 2.26. The highest BCUT2D eigenvalue weighted by atomic mass is 32.1. The van der Waals surface area contributed by atoms with Gasteiger partial charge in [-0.15, -0.1) is 11.3 Å². The van der Waals surface area contributed by atoms with Crippen molar-refractivity contribution in [3.05, 3.63) is 44.0 Å². The van der Waals surface area contributed by atoms with Gasteiger partial charge < -0.3 is 4.74 Å². The molecule has 0 amide bonds. The highest BCUT2D eigenvalue weighted by molar-refractivity contribution is 7.11. The van der Waals surface area contributed by atoms with Crippen molar-refractivity contribution in [2.45, 2.75) is 45.4 Å². The molecule has 0 N–H and O–H groups in total. The lowest BCUT2D eigenvalue weighted by Gasteiger charge is -2.31. The van der Waals surface area contributed by atoms with E-state index in [1.54, 1.807) is 11.3 Å². The van der Waals surface area contributed by atoms with Crippen molar-refractivity contribution in [3.63, 3.8) is 0 Å². The van der Waals surface area contributed by atoms with Gasteiger partial charge in [0, 0.05) is 19.0 Å². The number of rotatable bonds is 5. The molecule has 4 rings (SSSR count). The molecule has 0 atom stereocenters. The second kappa shape index (κ2) is 8.12. The van der Waals surface area contributed by atoms with E-state index in [0.29, 0.717) is 19.1 Å². The molecular weight excluding hydrogens is 374 g/mol. The van der Waals surface area contributed by atoms with E-state index >= 15 is 0 Å². The maximum Gasteiger partial charge on any atom is 0.280 e. The number of aromatic nitrogens is 3. The minimum absolute atomic E-state index is 0.357. The van der Waals surface area contributed by atoms with Crippen LogP contribution in [-0.4, -0.2) is 39.1 Å². The first-order valence-electron chi connectivity index (χ1n) is 9.20. The summed E-state index contributed by atoms with van der Waals surface area (Å²) in [5.74, 6) is 0.357. The molecule has 0 unspecified atom stereocenters. The Morgan fingerprint density at radius 2 is 2.15 bits per heavy atom. The van der Waals surface area contributed by atoms with E-state index in [4.69, 9.17) is 9.72 Å². The van der Waals surface area contributed by atoms with Crippen LogP contribution in [-0.2, 0) is 30.9 Å². The maximum absolute atomic E-state index is 12.6. The Kier molecular flexibility index (Phi) is 5.60. The summed E-state index contributed by atoms with van der Waals surface area (Å²) in [6, 6.07) is 0.938. The minimum Gasteiger partial charge on any atom is -0.375 e. The van der Waals surface area contributed by atoms with Gasteiger partial charge in [0.1, 0.15) is 10.7 Å². The summed E-state index contributed by atoms with van der Waals surface area (Å²) in [5.41, 5.74) is 0.330. The Bertz CT molecular complexity index is 823. The molecule has 0 aliphatic carbocycles. The lowest BCUT2D eigenvalue weighted by atomic mass is 9.97. The molecule has 2 aromatic heterocycles. The van der Waals surface area contributed by atoms with Crippen molar-refractivity contribution in [3.8, 4) is 0 Å². The molecule has 1 saturated heterocycles. The van der Waals surface area contributed by atoms with E-state index in [9.17, 15) is 13.6 Å². The number of thiazole rings is 1. The largest absolute Gasteiger partial charge is 0.375 e. The zero-order chi connectivity index (χ0) is 18.8. The molecule has 0 spiro atoms. The average Bonchev–Trinajstić information content (AvgIpc) is 3.07. The Morgan fingerprint density at radius 1 is 1.33 bits per heavy atom. The van der Waals surface area contributed by atoms with Crippen LogP contribution < -0.4 is 5.56 Å². The number of fused-ring (bicyclic) bond motifs is 1. The fourth-order valence-corrected chi connectivity index (χ4v) is 4.73. The Morgan fingerprint density at radius 3 is 2.85 bits per heavy atom. The lowest BCUT2D eigenvalue weighted by molar-refractivity contribution is 0.112. The molecule has 9 heteroatoms. The second-order valence-electron chi connectivity index (χ2n) is 7.10. The second-order valence-corrected chi connectivity index (χ2v) is 8.27. The van der Waals surface area contributed by atoms with E-state index in [-0.39, 0.29) is 0 Å².